The fraction of sp³-hybridized carbons (Fsp3) is 0. The third-order valence-electron chi connectivity index (χ3n) is 2.62. The van der Waals surface area contributed by atoms with Crippen LogP contribution in [0.4, 0.5) is 14.5 Å². The van der Waals surface area contributed by atoms with Crippen LogP contribution in [0, 0.1) is 21.7 Å². The van der Waals surface area contributed by atoms with Crippen molar-refractivity contribution < 1.29 is 23.6 Å². The molecule has 0 fully saturated rings. The molecule has 0 unspecified atom stereocenters. The van der Waals surface area contributed by atoms with Crippen LogP contribution in [0.2, 0.25) is 5.02 Å². The average Bonchev–Trinajstić information content (AvgIpc) is 2.45. The number of hydrogen-bond donors (Lipinski definition) is 1. The fourth-order valence-corrected chi connectivity index (χ4v) is 3.01. The Hall–Kier alpha value is -2.19. The molecular weight excluding hydrogens is 340 g/mol. The first-order valence-electron chi connectivity index (χ1n) is 5.65. The number of aromatic carboxylic acids is 1. The van der Waals surface area contributed by atoms with E-state index >= 15 is 0 Å². The molecule has 9 heteroatoms. The molecule has 0 saturated heterocycles. The van der Waals surface area contributed by atoms with E-state index in [1.807, 2.05) is 0 Å². The van der Waals surface area contributed by atoms with Gasteiger partial charge in [0.25, 0.3) is 0 Å². The van der Waals surface area contributed by atoms with Gasteiger partial charge in [-0.1, -0.05) is 35.5 Å². The number of nitrogens with zero attached hydrogens (tertiary/aromatic N) is 1. The summed E-state index contributed by atoms with van der Waals surface area (Å²) in [5, 5.41) is 19.4. The van der Waals surface area contributed by atoms with Crippen LogP contribution in [0.1, 0.15) is 10.4 Å². The molecule has 2 aromatic carbocycles. The average molecular weight is 346 g/mol. The van der Waals surface area contributed by atoms with Crippen LogP contribution in [0.15, 0.2) is 40.1 Å². The van der Waals surface area contributed by atoms with E-state index in [9.17, 15) is 23.7 Å². The van der Waals surface area contributed by atoms with Crippen LogP contribution in [0.3, 0.4) is 0 Å². The first kappa shape index (κ1) is 16.2. The Kier molecular flexibility index (Phi) is 4.62. The molecule has 2 aromatic rings. The molecule has 0 radical (unpaired) electrons. The number of benzene rings is 2. The van der Waals surface area contributed by atoms with Gasteiger partial charge in [0.05, 0.1) is 20.4 Å². The Morgan fingerprint density at radius 3 is 2.45 bits per heavy atom. The Labute approximate surface area is 131 Å². The van der Waals surface area contributed by atoms with Crippen LogP contribution in [-0.4, -0.2) is 16.0 Å². The minimum Gasteiger partial charge on any atom is -0.478 e. The predicted octanol–water partition coefficient (Wildman–Crippen LogP) is 4.38. The number of halogens is 3. The van der Waals surface area contributed by atoms with E-state index in [-0.39, 0.29) is 15.4 Å². The van der Waals surface area contributed by atoms with Gasteiger partial charge in [-0.15, -0.1) is 0 Å². The summed E-state index contributed by atoms with van der Waals surface area (Å²) < 4.78 is 27.1. The number of carboxylic acids is 1. The second-order valence-electron chi connectivity index (χ2n) is 3.99. The third kappa shape index (κ3) is 3.02. The Morgan fingerprint density at radius 2 is 1.86 bits per heavy atom. The van der Waals surface area contributed by atoms with Crippen molar-refractivity contribution in [1.82, 2.24) is 0 Å². The van der Waals surface area contributed by atoms with Crippen LogP contribution >= 0.6 is 23.4 Å². The largest absolute Gasteiger partial charge is 0.478 e. The Balaban J connectivity index is 2.60. The smallest absolute Gasteiger partial charge is 0.336 e. The lowest BCUT2D eigenvalue weighted by atomic mass is 10.2. The number of rotatable bonds is 4. The van der Waals surface area contributed by atoms with Gasteiger partial charge in [0.15, 0.2) is 5.82 Å². The van der Waals surface area contributed by atoms with Crippen molar-refractivity contribution >= 4 is 35.0 Å². The zero-order chi connectivity index (χ0) is 16.4. The van der Waals surface area contributed by atoms with Crippen molar-refractivity contribution in [2.45, 2.75) is 9.79 Å². The van der Waals surface area contributed by atoms with Crippen molar-refractivity contribution in [1.29, 1.82) is 0 Å². The van der Waals surface area contributed by atoms with E-state index in [1.165, 1.54) is 24.3 Å². The van der Waals surface area contributed by atoms with Gasteiger partial charge in [0.2, 0.25) is 5.82 Å². The van der Waals surface area contributed by atoms with Crippen molar-refractivity contribution in [3.05, 3.63) is 62.7 Å². The fourth-order valence-electron chi connectivity index (χ4n) is 1.66. The normalized spacial score (nSPS) is 10.5. The Bertz CT molecular complexity index is 785. The van der Waals surface area contributed by atoms with Gasteiger partial charge in [-0.25, -0.2) is 9.18 Å². The lowest BCUT2D eigenvalue weighted by Crippen LogP contribution is -2.01. The van der Waals surface area contributed by atoms with Crippen LogP contribution in [-0.2, 0) is 0 Å². The molecule has 0 aliphatic rings. The van der Waals surface area contributed by atoms with Gasteiger partial charge in [-0.2, -0.15) is 4.39 Å². The summed E-state index contributed by atoms with van der Waals surface area (Å²) >= 11 is 6.12. The summed E-state index contributed by atoms with van der Waals surface area (Å²) in [7, 11) is 0. The molecule has 0 aliphatic heterocycles. The van der Waals surface area contributed by atoms with Gasteiger partial charge in [-0.3, -0.25) is 10.1 Å². The van der Waals surface area contributed by atoms with E-state index in [4.69, 9.17) is 16.7 Å². The highest BCUT2D eigenvalue weighted by molar-refractivity contribution is 7.99. The van der Waals surface area contributed by atoms with E-state index in [0.717, 1.165) is 6.07 Å². The molecule has 0 heterocycles. The summed E-state index contributed by atoms with van der Waals surface area (Å²) in [5.41, 5.74) is -1.21. The summed E-state index contributed by atoms with van der Waals surface area (Å²) in [5.74, 6) is -4.46. The topological polar surface area (TPSA) is 80.4 Å². The molecule has 114 valence electrons. The van der Waals surface area contributed by atoms with Crippen LogP contribution in [0.25, 0.3) is 0 Å². The number of nitro groups is 1. The van der Waals surface area contributed by atoms with Gasteiger partial charge in [0.1, 0.15) is 0 Å². The lowest BCUT2D eigenvalue weighted by Gasteiger charge is -2.08. The molecule has 2 rings (SSSR count). The SMILES string of the molecule is O=C(O)c1ccccc1Sc1cc(Cl)c(F)c(F)c1[N+](=O)[O-]. The number of nitro benzene ring substituents is 1. The molecule has 5 nitrogen and oxygen atoms in total. The number of hydrogen-bond acceptors (Lipinski definition) is 4. The summed E-state index contributed by atoms with van der Waals surface area (Å²) in [6.07, 6.45) is 0. The minimum absolute atomic E-state index is 0.123. The maximum atomic E-state index is 13.7. The molecule has 0 aromatic heterocycles. The summed E-state index contributed by atoms with van der Waals surface area (Å²) in [6, 6.07) is 6.56. The molecule has 0 saturated carbocycles. The number of carbonyl (C=O) groups is 1. The monoisotopic (exact) mass is 345 g/mol. The van der Waals surface area contributed by atoms with E-state index in [1.54, 1.807) is 0 Å². The molecule has 0 aliphatic carbocycles. The third-order valence-corrected chi connectivity index (χ3v) is 4.00. The molecule has 0 spiro atoms. The number of carboxylic acid groups (broad SMARTS) is 1. The van der Waals surface area contributed by atoms with Crippen LogP contribution < -0.4 is 0 Å². The standard InChI is InChI=1S/C13H6ClF2NO4S/c14-7-5-9(12(17(20)21)11(16)10(7)15)22-8-4-2-1-3-6(8)13(18)19/h1-5H,(H,18,19). The molecule has 22 heavy (non-hydrogen) atoms. The highest BCUT2D eigenvalue weighted by atomic mass is 35.5. The van der Waals surface area contributed by atoms with Crippen LogP contribution in [0.5, 0.6) is 0 Å². The van der Waals surface area contributed by atoms with Gasteiger partial charge in [-0.05, 0) is 18.2 Å². The Morgan fingerprint density at radius 1 is 1.23 bits per heavy atom. The van der Waals surface area contributed by atoms with Crippen molar-refractivity contribution in [2.75, 3.05) is 0 Å². The van der Waals surface area contributed by atoms with E-state index in [2.05, 4.69) is 0 Å². The van der Waals surface area contributed by atoms with Gasteiger partial charge >= 0.3 is 11.7 Å². The first-order chi connectivity index (χ1) is 10.3. The highest BCUT2D eigenvalue weighted by Crippen LogP contribution is 2.40. The van der Waals surface area contributed by atoms with Crippen molar-refractivity contribution in [3.8, 4) is 0 Å². The minimum atomic E-state index is -1.69. The van der Waals surface area contributed by atoms with Gasteiger partial charge in [0, 0.05) is 4.90 Å². The summed E-state index contributed by atoms with van der Waals surface area (Å²) in [6.45, 7) is 0. The van der Waals surface area contributed by atoms with Crippen molar-refractivity contribution in [3.63, 3.8) is 0 Å². The molecule has 0 amide bonds. The zero-order valence-electron chi connectivity index (χ0n) is 10.5. The molecule has 0 bridgehead atoms. The van der Waals surface area contributed by atoms with Crippen molar-refractivity contribution in [2.24, 2.45) is 0 Å². The quantitative estimate of drug-likeness (QED) is 0.505. The highest BCUT2D eigenvalue weighted by Gasteiger charge is 2.28. The van der Waals surface area contributed by atoms with E-state index < -0.39 is 33.2 Å². The molecular formula is C13H6ClF2NO4S. The lowest BCUT2D eigenvalue weighted by molar-refractivity contribution is -0.390. The maximum Gasteiger partial charge on any atom is 0.336 e. The van der Waals surface area contributed by atoms with Gasteiger partial charge < -0.3 is 5.11 Å². The second kappa shape index (κ2) is 6.29. The molecule has 1 N–H and O–H groups in total. The zero-order valence-corrected chi connectivity index (χ0v) is 12.1. The summed E-state index contributed by atoms with van der Waals surface area (Å²) in [4.78, 5) is 20.8. The van der Waals surface area contributed by atoms with E-state index in [0.29, 0.717) is 11.8 Å². The maximum absolute atomic E-state index is 13.7. The molecule has 0 atom stereocenters. The first-order valence-corrected chi connectivity index (χ1v) is 6.84. The second-order valence-corrected chi connectivity index (χ2v) is 5.48. The predicted molar refractivity (Wildman–Crippen MR) is 75.5 cm³/mol.